The lowest BCUT2D eigenvalue weighted by atomic mass is 11.2. The summed E-state index contributed by atoms with van der Waals surface area (Å²) < 4.78 is 0. The second kappa shape index (κ2) is 2.91. The van der Waals surface area contributed by atoms with Crippen LogP contribution in [0.25, 0.3) is 0 Å². The molecule has 0 heterocycles. The Morgan fingerprint density at radius 3 is 2.00 bits per heavy atom. The summed E-state index contributed by atoms with van der Waals surface area (Å²) in [5.41, 5.74) is 0. The van der Waals surface area contributed by atoms with Crippen molar-refractivity contribution in [2.24, 2.45) is 0 Å². The van der Waals surface area contributed by atoms with Gasteiger partial charge in [-0.2, -0.15) is 10.9 Å². The Hall–Kier alpha value is -0.180. The van der Waals surface area contributed by atoms with Crippen LogP contribution >= 0.6 is 10.9 Å². The van der Waals surface area contributed by atoms with Crippen molar-refractivity contribution in [3.63, 3.8) is 0 Å². The van der Waals surface area contributed by atoms with Crippen molar-refractivity contribution in [1.29, 1.82) is 0 Å². The standard InChI is InChI=1S/C4H11NOS/c1-5-4(6)7(2)3/h7H,1-3H3,(H,5,6). The van der Waals surface area contributed by atoms with Crippen LogP contribution in [0.4, 0.5) is 4.79 Å². The van der Waals surface area contributed by atoms with Gasteiger partial charge in [-0.1, -0.05) is 0 Å². The predicted octanol–water partition coefficient (Wildman–Crippen LogP) is 0.587. The molecule has 0 saturated carbocycles. The number of hydrogen-bond acceptors (Lipinski definition) is 1. The quantitative estimate of drug-likeness (QED) is 0.451. The van der Waals surface area contributed by atoms with Gasteiger partial charge in [0.1, 0.15) is 0 Å². The van der Waals surface area contributed by atoms with Crippen LogP contribution < -0.4 is 5.32 Å². The van der Waals surface area contributed by atoms with Crippen LogP contribution in [0, 0.1) is 0 Å². The van der Waals surface area contributed by atoms with Crippen LogP contribution in [-0.2, 0) is 0 Å². The molecule has 1 amide bonds. The van der Waals surface area contributed by atoms with Crippen LogP contribution in [0.1, 0.15) is 0 Å². The van der Waals surface area contributed by atoms with E-state index in [9.17, 15) is 4.79 Å². The number of carbonyl (C=O) groups excluding carboxylic acids is 1. The highest BCUT2D eigenvalue weighted by molar-refractivity contribution is 8.28. The molecule has 0 spiro atoms. The molecule has 44 valence electrons. The van der Waals surface area contributed by atoms with Crippen LogP contribution in [0.3, 0.4) is 0 Å². The predicted molar refractivity (Wildman–Crippen MR) is 35.3 cm³/mol. The fourth-order valence-corrected chi connectivity index (χ4v) is 0.671. The van der Waals surface area contributed by atoms with Gasteiger partial charge in [-0.25, -0.2) is 0 Å². The van der Waals surface area contributed by atoms with Crippen molar-refractivity contribution in [2.45, 2.75) is 0 Å². The zero-order valence-electron chi connectivity index (χ0n) is 4.86. The lowest BCUT2D eigenvalue weighted by molar-refractivity contribution is 0.262. The maximum Gasteiger partial charge on any atom is 0.258 e. The topological polar surface area (TPSA) is 29.1 Å². The highest BCUT2D eigenvalue weighted by Gasteiger charge is 1.95. The van der Waals surface area contributed by atoms with Gasteiger partial charge in [0.05, 0.1) is 0 Å². The van der Waals surface area contributed by atoms with E-state index < -0.39 is 10.9 Å². The van der Waals surface area contributed by atoms with Crippen LogP contribution in [0.5, 0.6) is 0 Å². The molecule has 1 N–H and O–H groups in total. The molecule has 0 aliphatic rings. The Labute approximate surface area is 46.6 Å². The molecule has 0 aromatic carbocycles. The van der Waals surface area contributed by atoms with E-state index >= 15 is 0 Å². The van der Waals surface area contributed by atoms with Crippen LogP contribution in [-0.4, -0.2) is 24.8 Å². The van der Waals surface area contributed by atoms with Gasteiger partial charge < -0.3 is 5.32 Å². The van der Waals surface area contributed by atoms with E-state index in [4.69, 9.17) is 0 Å². The van der Waals surface area contributed by atoms with Gasteiger partial charge in [0.25, 0.3) is 5.24 Å². The summed E-state index contributed by atoms with van der Waals surface area (Å²) in [5, 5.41) is 2.72. The zero-order valence-corrected chi connectivity index (χ0v) is 5.75. The highest BCUT2D eigenvalue weighted by Crippen LogP contribution is 2.11. The van der Waals surface area contributed by atoms with Gasteiger partial charge in [-0.05, 0) is 12.5 Å². The first-order chi connectivity index (χ1) is 3.18. The average molecular weight is 121 g/mol. The SMILES string of the molecule is CNC(=O)[SH](C)C. The van der Waals surface area contributed by atoms with E-state index in [0.29, 0.717) is 0 Å². The molecular formula is C4H11NOS. The number of amides is 1. The molecule has 0 rings (SSSR count). The molecule has 0 aliphatic carbocycles. The highest BCUT2D eigenvalue weighted by atomic mass is 32.2. The van der Waals surface area contributed by atoms with Gasteiger partial charge in [0, 0.05) is 7.05 Å². The molecule has 0 bridgehead atoms. The summed E-state index contributed by atoms with van der Waals surface area (Å²) in [6.45, 7) is 0. The summed E-state index contributed by atoms with van der Waals surface area (Å²) in [4.78, 5) is 10.4. The van der Waals surface area contributed by atoms with E-state index in [1.165, 1.54) is 0 Å². The van der Waals surface area contributed by atoms with Gasteiger partial charge in [0.15, 0.2) is 0 Å². The van der Waals surface area contributed by atoms with Crippen molar-refractivity contribution in [3.8, 4) is 0 Å². The summed E-state index contributed by atoms with van der Waals surface area (Å²) in [5.74, 6) is 0. The smallest absolute Gasteiger partial charge is 0.258 e. The van der Waals surface area contributed by atoms with E-state index in [0.717, 1.165) is 0 Å². The van der Waals surface area contributed by atoms with E-state index in [2.05, 4.69) is 5.32 Å². The summed E-state index contributed by atoms with van der Waals surface area (Å²) in [7, 11) is 1.25. The third-order valence-corrected chi connectivity index (χ3v) is 1.66. The van der Waals surface area contributed by atoms with Crippen molar-refractivity contribution in [1.82, 2.24) is 5.32 Å². The van der Waals surface area contributed by atoms with Crippen molar-refractivity contribution in [3.05, 3.63) is 0 Å². The molecule has 0 aromatic rings. The average Bonchev–Trinajstić information content (AvgIpc) is 1.65. The molecule has 0 fully saturated rings. The number of carbonyl (C=O) groups is 1. The molecule has 0 saturated heterocycles. The summed E-state index contributed by atoms with van der Waals surface area (Å²) in [6.07, 6.45) is 3.85. The fraction of sp³-hybridized carbons (Fsp3) is 0.750. The second-order valence-corrected chi connectivity index (χ2v) is 3.64. The maximum absolute atomic E-state index is 10.4. The normalized spacial score (nSPS) is 10.4. The van der Waals surface area contributed by atoms with Crippen molar-refractivity contribution >= 4 is 16.1 Å². The molecule has 2 nitrogen and oxygen atoms in total. The van der Waals surface area contributed by atoms with Gasteiger partial charge in [-0.15, -0.1) is 0 Å². The Morgan fingerprint density at radius 1 is 1.57 bits per heavy atom. The Kier molecular flexibility index (Phi) is 2.83. The maximum atomic E-state index is 10.4. The monoisotopic (exact) mass is 121 g/mol. The number of rotatable bonds is 0. The van der Waals surface area contributed by atoms with Crippen molar-refractivity contribution in [2.75, 3.05) is 19.6 Å². The third kappa shape index (κ3) is 2.51. The summed E-state index contributed by atoms with van der Waals surface area (Å²) in [6, 6.07) is 0. The van der Waals surface area contributed by atoms with Crippen molar-refractivity contribution < 1.29 is 4.79 Å². The number of hydrogen-bond donors (Lipinski definition) is 2. The Bertz CT molecular complexity index is 72.1. The van der Waals surface area contributed by atoms with Crippen LogP contribution in [0.2, 0.25) is 0 Å². The minimum atomic E-state index is -0.412. The van der Waals surface area contributed by atoms with Crippen LogP contribution in [0.15, 0.2) is 0 Å². The fourth-order valence-electron chi connectivity index (χ4n) is 0.224. The lowest BCUT2D eigenvalue weighted by Gasteiger charge is -2.03. The molecule has 0 unspecified atom stereocenters. The Morgan fingerprint density at radius 2 is 2.00 bits per heavy atom. The molecule has 0 radical (unpaired) electrons. The number of thiol groups is 1. The first-order valence-corrected chi connectivity index (χ1v) is 4.31. The number of nitrogens with one attached hydrogen (secondary N) is 1. The zero-order chi connectivity index (χ0) is 5.86. The molecule has 0 aliphatic heterocycles. The molecule has 7 heavy (non-hydrogen) atoms. The molecule has 3 heteroatoms. The largest absolute Gasteiger partial charge is 0.352 e. The lowest BCUT2D eigenvalue weighted by Crippen LogP contribution is -2.14. The third-order valence-electron chi connectivity index (χ3n) is 0.620. The first kappa shape index (κ1) is 6.82. The molecule has 0 aromatic heterocycles. The van der Waals surface area contributed by atoms with E-state index in [-0.39, 0.29) is 5.24 Å². The van der Waals surface area contributed by atoms with Gasteiger partial charge in [-0.3, -0.25) is 4.79 Å². The minimum Gasteiger partial charge on any atom is -0.352 e. The second-order valence-electron chi connectivity index (χ2n) is 1.45. The van der Waals surface area contributed by atoms with E-state index in [1.54, 1.807) is 7.05 Å². The van der Waals surface area contributed by atoms with Gasteiger partial charge in [0.2, 0.25) is 0 Å². The minimum absolute atomic E-state index is 0.162. The van der Waals surface area contributed by atoms with E-state index in [1.807, 2.05) is 12.5 Å². The summed E-state index contributed by atoms with van der Waals surface area (Å²) >= 11 is 0. The first-order valence-electron chi connectivity index (χ1n) is 2.07. The molecular weight excluding hydrogens is 110 g/mol. The molecule has 0 atom stereocenters. The Balaban J connectivity index is 3.35. The van der Waals surface area contributed by atoms with Gasteiger partial charge >= 0.3 is 0 Å².